The van der Waals surface area contributed by atoms with Gasteiger partial charge in [0.05, 0.1) is 5.41 Å². The van der Waals surface area contributed by atoms with Crippen LogP contribution in [-0.4, -0.2) is 0 Å². The Bertz CT molecular complexity index is 2810. The maximum absolute atomic E-state index is 6.80. The van der Waals surface area contributed by atoms with Crippen LogP contribution in [0.1, 0.15) is 22.3 Å². The van der Waals surface area contributed by atoms with Gasteiger partial charge in [0.25, 0.3) is 0 Å². The van der Waals surface area contributed by atoms with Gasteiger partial charge < -0.3 is 4.74 Å². The van der Waals surface area contributed by atoms with Crippen LogP contribution >= 0.6 is 11.3 Å². The van der Waals surface area contributed by atoms with E-state index in [1.807, 2.05) is 11.3 Å². The van der Waals surface area contributed by atoms with Gasteiger partial charge in [-0.15, -0.1) is 11.3 Å². The molecule has 0 saturated heterocycles. The molecule has 9 aromatic rings. The highest BCUT2D eigenvalue weighted by molar-refractivity contribution is 7.18. The molecule has 1 aliphatic carbocycles. The van der Waals surface area contributed by atoms with E-state index < -0.39 is 5.41 Å². The molecule has 51 heavy (non-hydrogen) atoms. The van der Waals surface area contributed by atoms with Gasteiger partial charge >= 0.3 is 0 Å². The molecule has 0 amide bonds. The fourth-order valence-electron chi connectivity index (χ4n) is 8.86. The first kappa shape index (κ1) is 28.6. The maximum atomic E-state index is 6.80. The summed E-state index contributed by atoms with van der Waals surface area (Å²) in [6.45, 7) is 0. The van der Waals surface area contributed by atoms with Crippen LogP contribution in [0.2, 0.25) is 0 Å². The third-order valence-corrected chi connectivity index (χ3v) is 12.2. The van der Waals surface area contributed by atoms with Crippen molar-refractivity contribution in [2.45, 2.75) is 5.41 Å². The monoisotopic (exact) mass is 666 g/mol. The summed E-state index contributed by atoms with van der Waals surface area (Å²) in [5.41, 5.74) is 12.1. The van der Waals surface area contributed by atoms with Gasteiger partial charge in [-0.1, -0.05) is 158 Å². The number of benzene rings is 8. The molecule has 1 spiro atoms. The van der Waals surface area contributed by atoms with Crippen LogP contribution in [0.4, 0.5) is 0 Å². The summed E-state index contributed by atoms with van der Waals surface area (Å²) >= 11 is 1.84. The first-order chi connectivity index (χ1) is 25.3. The van der Waals surface area contributed by atoms with Gasteiger partial charge in [-0.25, -0.2) is 0 Å². The van der Waals surface area contributed by atoms with E-state index in [4.69, 9.17) is 4.74 Å². The van der Waals surface area contributed by atoms with E-state index in [0.29, 0.717) is 0 Å². The predicted octanol–water partition coefficient (Wildman–Crippen LogP) is 13.5. The van der Waals surface area contributed by atoms with Gasteiger partial charge in [-0.2, -0.15) is 0 Å². The summed E-state index contributed by atoms with van der Waals surface area (Å²) in [7, 11) is 0. The number of hydrogen-bond acceptors (Lipinski definition) is 2. The number of para-hydroxylation sites is 1. The van der Waals surface area contributed by atoms with Crippen LogP contribution in [0.3, 0.4) is 0 Å². The van der Waals surface area contributed by atoms with Crippen LogP contribution in [0.25, 0.3) is 64.7 Å². The second-order valence-electron chi connectivity index (χ2n) is 13.5. The summed E-state index contributed by atoms with van der Waals surface area (Å²) in [6.07, 6.45) is 0. The fraction of sp³-hybridized carbons (Fsp3) is 0.0204. The third-order valence-electron chi connectivity index (χ3n) is 11.0. The molecule has 1 nitrogen and oxygen atoms in total. The summed E-state index contributed by atoms with van der Waals surface area (Å²) < 4.78 is 6.80. The summed E-state index contributed by atoms with van der Waals surface area (Å²) in [4.78, 5) is 2.47. The molecule has 2 aliphatic rings. The normalized spacial score (nSPS) is 13.4. The second-order valence-corrected chi connectivity index (χ2v) is 14.6. The van der Waals surface area contributed by atoms with Gasteiger partial charge in [0.15, 0.2) is 0 Å². The molecule has 238 valence electrons. The molecule has 1 aliphatic heterocycles. The van der Waals surface area contributed by atoms with Gasteiger partial charge in [-0.3, -0.25) is 0 Å². The largest absolute Gasteiger partial charge is 0.457 e. The van der Waals surface area contributed by atoms with Crippen molar-refractivity contribution < 1.29 is 4.74 Å². The molecular weight excluding hydrogens is 637 g/mol. The Morgan fingerprint density at radius 3 is 1.78 bits per heavy atom. The molecule has 0 unspecified atom stereocenters. The van der Waals surface area contributed by atoms with Gasteiger partial charge in [-0.05, 0) is 90.3 Å². The van der Waals surface area contributed by atoms with Crippen molar-refractivity contribution in [1.82, 2.24) is 0 Å². The Morgan fingerprint density at radius 2 is 0.961 bits per heavy atom. The minimum atomic E-state index is -0.445. The van der Waals surface area contributed by atoms with E-state index in [9.17, 15) is 0 Å². The SMILES string of the molecule is c1ccc2c(c1)Oc1cc(-c3ccc(-c4ccccc4-c4cccc5c4ccc4ccccc45)s3)ccc1C21c2ccccc2-c2ccccc21. The molecule has 8 aromatic carbocycles. The Hall–Kier alpha value is -6.22. The van der Waals surface area contributed by atoms with Crippen molar-refractivity contribution in [3.63, 3.8) is 0 Å². The summed E-state index contributed by atoms with van der Waals surface area (Å²) in [6, 6.07) is 66.5. The van der Waals surface area contributed by atoms with Gasteiger partial charge in [0.2, 0.25) is 0 Å². The summed E-state index contributed by atoms with van der Waals surface area (Å²) in [5.74, 6) is 1.83. The number of ether oxygens (including phenoxy) is 1. The van der Waals surface area contributed by atoms with Gasteiger partial charge in [0.1, 0.15) is 11.5 Å². The van der Waals surface area contributed by atoms with Crippen LogP contribution in [0.5, 0.6) is 11.5 Å². The van der Waals surface area contributed by atoms with Crippen molar-refractivity contribution in [1.29, 1.82) is 0 Å². The molecular formula is C49H30OS. The third kappa shape index (κ3) is 4.03. The van der Waals surface area contributed by atoms with Crippen LogP contribution in [-0.2, 0) is 5.41 Å². The zero-order valence-electron chi connectivity index (χ0n) is 27.6. The van der Waals surface area contributed by atoms with E-state index in [1.54, 1.807) is 0 Å². The van der Waals surface area contributed by atoms with E-state index in [-0.39, 0.29) is 0 Å². The Balaban J connectivity index is 1.05. The van der Waals surface area contributed by atoms with Crippen molar-refractivity contribution in [3.05, 3.63) is 204 Å². The molecule has 0 atom stereocenters. The van der Waals surface area contributed by atoms with Gasteiger partial charge in [0, 0.05) is 20.9 Å². The Labute approximate surface area is 300 Å². The molecule has 11 rings (SSSR count). The van der Waals surface area contributed by atoms with E-state index in [1.165, 1.54) is 81.4 Å². The molecule has 0 saturated carbocycles. The summed E-state index contributed by atoms with van der Waals surface area (Å²) in [5, 5.41) is 5.11. The lowest BCUT2D eigenvalue weighted by molar-refractivity contribution is 0.436. The predicted molar refractivity (Wildman–Crippen MR) is 213 cm³/mol. The molecule has 1 aromatic heterocycles. The lowest BCUT2D eigenvalue weighted by Crippen LogP contribution is -2.32. The maximum Gasteiger partial charge on any atom is 0.132 e. The zero-order chi connectivity index (χ0) is 33.5. The van der Waals surface area contributed by atoms with Crippen molar-refractivity contribution in [3.8, 4) is 54.6 Å². The first-order valence-corrected chi connectivity index (χ1v) is 18.3. The quantitative estimate of drug-likeness (QED) is 0.171. The number of thiophene rings is 1. The molecule has 0 fully saturated rings. The molecule has 2 heteroatoms. The van der Waals surface area contributed by atoms with E-state index in [0.717, 1.165) is 17.1 Å². The van der Waals surface area contributed by atoms with Crippen LogP contribution < -0.4 is 4.74 Å². The fourth-order valence-corrected chi connectivity index (χ4v) is 9.90. The first-order valence-electron chi connectivity index (χ1n) is 17.5. The topological polar surface area (TPSA) is 9.23 Å². The lowest BCUT2D eigenvalue weighted by Gasteiger charge is -2.39. The zero-order valence-corrected chi connectivity index (χ0v) is 28.5. The van der Waals surface area contributed by atoms with Crippen molar-refractivity contribution in [2.24, 2.45) is 0 Å². The van der Waals surface area contributed by atoms with E-state index in [2.05, 4.69) is 182 Å². The van der Waals surface area contributed by atoms with Crippen LogP contribution in [0.15, 0.2) is 182 Å². The average molecular weight is 667 g/mol. The lowest BCUT2D eigenvalue weighted by atomic mass is 9.66. The molecule has 0 radical (unpaired) electrons. The highest BCUT2D eigenvalue weighted by atomic mass is 32.1. The number of hydrogen-bond donors (Lipinski definition) is 0. The van der Waals surface area contributed by atoms with E-state index >= 15 is 0 Å². The minimum absolute atomic E-state index is 0.445. The molecule has 0 bridgehead atoms. The number of rotatable bonds is 3. The highest BCUT2D eigenvalue weighted by Crippen LogP contribution is 2.62. The standard InChI is InChI=1S/C49H30OS/c1-2-13-33-31(12-1)24-26-37-34(33)18-11-19-35(37)36-14-3-4-17-40(36)48-29-28-47(51-48)32-25-27-44-46(30-32)50-45-23-10-9-22-43(45)49(44)41-20-7-5-15-38(41)39-16-6-8-21-42(39)49/h1-30H. The van der Waals surface area contributed by atoms with Crippen molar-refractivity contribution in [2.75, 3.05) is 0 Å². The highest BCUT2D eigenvalue weighted by Gasteiger charge is 2.50. The second kappa shape index (κ2) is 10.9. The Kier molecular flexibility index (Phi) is 6.11. The molecule has 2 heterocycles. The smallest absolute Gasteiger partial charge is 0.132 e. The number of fused-ring (bicyclic) bond motifs is 12. The minimum Gasteiger partial charge on any atom is -0.457 e. The Morgan fingerprint density at radius 1 is 0.353 bits per heavy atom. The van der Waals surface area contributed by atoms with Crippen LogP contribution in [0, 0.1) is 0 Å². The average Bonchev–Trinajstić information content (AvgIpc) is 3.80. The van der Waals surface area contributed by atoms with Crippen molar-refractivity contribution >= 4 is 32.9 Å². The molecule has 0 N–H and O–H groups in total.